The highest BCUT2D eigenvalue weighted by Crippen LogP contribution is 2.26. The van der Waals surface area contributed by atoms with Gasteiger partial charge < -0.3 is 14.5 Å². The van der Waals surface area contributed by atoms with Gasteiger partial charge in [0.1, 0.15) is 5.69 Å². The standard InChI is InChI=1S/C25H20N2O5/c1-15(28)17-9-11-18(12-10-17)26-24(29)16(2)32-25(30)20-14-22(23-8-5-13-31-23)27-21-7-4-3-6-19(20)21/h3-14,16H,1-2H3,(H,26,29)/t16-/m0/s1. The Kier molecular flexibility index (Phi) is 5.81. The lowest BCUT2D eigenvalue weighted by molar-refractivity contribution is -0.123. The minimum Gasteiger partial charge on any atom is -0.463 e. The Hall–Kier alpha value is -4.26. The summed E-state index contributed by atoms with van der Waals surface area (Å²) in [6.07, 6.45) is 0.480. The van der Waals surface area contributed by atoms with Crippen molar-refractivity contribution in [2.45, 2.75) is 20.0 Å². The number of anilines is 1. The van der Waals surface area contributed by atoms with Crippen molar-refractivity contribution in [3.05, 3.63) is 84.1 Å². The molecule has 160 valence electrons. The predicted octanol–water partition coefficient (Wildman–Crippen LogP) is 4.88. The number of fused-ring (bicyclic) bond motifs is 1. The van der Waals surface area contributed by atoms with Crippen molar-refractivity contribution in [1.29, 1.82) is 0 Å². The number of ether oxygens (including phenoxy) is 1. The van der Waals surface area contributed by atoms with Gasteiger partial charge in [0, 0.05) is 16.6 Å². The van der Waals surface area contributed by atoms with E-state index in [0.717, 1.165) is 0 Å². The van der Waals surface area contributed by atoms with Gasteiger partial charge in [-0.15, -0.1) is 0 Å². The maximum Gasteiger partial charge on any atom is 0.339 e. The average molecular weight is 428 g/mol. The van der Waals surface area contributed by atoms with Crippen LogP contribution < -0.4 is 5.32 Å². The van der Waals surface area contributed by atoms with Crippen molar-refractivity contribution in [3.63, 3.8) is 0 Å². The maximum absolute atomic E-state index is 13.0. The number of ketones is 1. The largest absolute Gasteiger partial charge is 0.463 e. The first kappa shape index (κ1) is 21.0. The second-order valence-electron chi connectivity index (χ2n) is 7.22. The Morgan fingerprint density at radius 1 is 1.00 bits per heavy atom. The summed E-state index contributed by atoms with van der Waals surface area (Å²) in [5.74, 6) is -0.683. The normalized spacial score (nSPS) is 11.7. The molecule has 0 saturated heterocycles. The summed E-state index contributed by atoms with van der Waals surface area (Å²) in [5.41, 5.74) is 2.42. The van der Waals surface area contributed by atoms with E-state index in [9.17, 15) is 14.4 Å². The van der Waals surface area contributed by atoms with E-state index in [1.54, 1.807) is 60.7 Å². The van der Waals surface area contributed by atoms with Crippen LogP contribution in [0.15, 0.2) is 77.4 Å². The maximum atomic E-state index is 13.0. The van der Waals surface area contributed by atoms with Crippen LogP contribution >= 0.6 is 0 Å². The zero-order valence-electron chi connectivity index (χ0n) is 17.5. The highest BCUT2D eigenvalue weighted by atomic mass is 16.5. The van der Waals surface area contributed by atoms with Crippen LogP contribution in [0, 0.1) is 0 Å². The number of pyridine rings is 1. The predicted molar refractivity (Wildman–Crippen MR) is 119 cm³/mol. The molecular formula is C25H20N2O5. The second-order valence-corrected chi connectivity index (χ2v) is 7.22. The van der Waals surface area contributed by atoms with E-state index in [0.29, 0.717) is 33.6 Å². The molecule has 0 radical (unpaired) electrons. The van der Waals surface area contributed by atoms with Crippen LogP contribution in [0.25, 0.3) is 22.4 Å². The van der Waals surface area contributed by atoms with Gasteiger partial charge in [0.15, 0.2) is 17.6 Å². The van der Waals surface area contributed by atoms with Crippen LogP contribution in [-0.2, 0) is 9.53 Å². The van der Waals surface area contributed by atoms with E-state index >= 15 is 0 Å². The lowest BCUT2D eigenvalue weighted by atomic mass is 10.1. The summed E-state index contributed by atoms with van der Waals surface area (Å²) in [5, 5.41) is 3.29. The third-order valence-corrected chi connectivity index (χ3v) is 4.92. The van der Waals surface area contributed by atoms with Crippen LogP contribution in [0.1, 0.15) is 34.6 Å². The zero-order chi connectivity index (χ0) is 22.7. The summed E-state index contributed by atoms with van der Waals surface area (Å²) >= 11 is 0. The molecule has 7 nitrogen and oxygen atoms in total. The number of carbonyl (C=O) groups is 3. The number of rotatable bonds is 6. The van der Waals surface area contributed by atoms with E-state index in [1.165, 1.54) is 20.1 Å². The monoisotopic (exact) mass is 428 g/mol. The number of furan rings is 1. The topological polar surface area (TPSA) is 98.5 Å². The summed E-state index contributed by atoms with van der Waals surface area (Å²) in [6.45, 7) is 2.96. The fourth-order valence-electron chi connectivity index (χ4n) is 3.20. The Bertz CT molecular complexity index is 1290. The highest BCUT2D eigenvalue weighted by Gasteiger charge is 2.22. The number of esters is 1. The quantitative estimate of drug-likeness (QED) is 0.347. The molecule has 1 atom stereocenters. The third-order valence-electron chi connectivity index (χ3n) is 4.92. The molecule has 2 aromatic heterocycles. The van der Waals surface area contributed by atoms with E-state index in [4.69, 9.17) is 9.15 Å². The van der Waals surface area contributed by atoms with Gasteiger partial charge >= 0.3 is 5.97 Å². The van der Waals surface area contributed by atoms with Crippen LogP contribution in [0.3, 0.4) is 0 Å². The van der Waals surface area contributed by atoms with Crippen molar-refractivity contribution in [1.82, 2.24) is 4.98 Å². The first-order chi connectivity index (χ1) is 15.4. The van der Waals surface area contributed by atoms with Crippen LogP contribution in [0.2, 0.25) is 0 Å². The molecule has 4 rings (SSSR count). The van der Waals surface area contributed by atoms with Crippen LogP contribution in [0.5, 0.6) is 0 Å². The Morgan fingerprint density at radius 2 is 1.75 bits per heavy atom. The molecule has 0 aliphatic heterocycles. The van der Waals surface area contributed by atoms with Crippen molar-refractivity contribution in [2.24, 2.45) is 0 Å². The summed E-state index contributed by atoms with van der Waals surface area (Å²) in [6, 6.07) is 18.7. The molecular weight excluding hydrogens is 408 g/mol. The summed E-state index contributed by atoms with van der Waals surface area (Å²) < 4.78 is 10.9. The number of carbonyl (C=O) groups excluding carboxylic acids is 3. The smallest absolute Gasteiger partial charge is 0.339 e. The van der Waals surface area contributed by atoms with Crippen LogP contribution in [-0.4, -0.2) is 28.7 Å². The minimum atomic E-state index is -1.05. The molecule has 0 aliphatic rings. The number of nitrogens with one attached hydrogen (secondary N) is 1. The van der Waals surface area contributed by atoms with E-state index in [2.05, 4.69) is 10.3 Å². The number of aromatic nitrogens is 1. The number of amides is 1. The molecule has 1 amide bonds. The fraction of sp³-hybridized carbons (Fsp3) is 0.120. The van der Waals surface area contributed by atoms with Crippen molar-refractivity contribution >= 4 is 34.3 Å². The molecule has 7 heteroatoms. The average Bonchev–Trinajstić information content (AvgIpc) is 3.33. The molecule has 0 spiro atoms. The molecule has 2 aromatic carbocycles. The fourth-order valence-corrected chi connectivity index (χ4v) is 3.20. The molecule has 0 fully saturated rings. The first-order valence-corrected chi connectivity index (χ1v) is 9.99. The van der Waals surface area contributed by atoms with Gasteiger partial charge in [0.2, 0.25) is 0 Å². The molecule has 32 heavy (non-hydrogen) atoms. The van der Waals surface area contributed by atoms with Gasteiger partial charge in [-0.2, -0.15) is 0 Å². The number of hydrogen-bond acceptors (Lipinski definition) is 6. The van der Waals surface area contributed by atoms with E-state index < -0.39 is 18.0 Å². The summed E-state index contributed by atoms with van der Waals surface area (Å²) in [4.78, 5) is 41.4. The molecule has 0 aliphatic carbocycles. The van der Waals surface area contributed by atoms with Crippen molar-refractivity contribution in [2.75, 3.05) is 5.32 Å². The molecule has 0 bridgehead atoms. The van der Waals surface area contributed by atoms with Gasteiger partial charge in [0.25, 0.3) is 5.91 Å². The molecule has 0 unspecified atom stereocenters. The Balaban J connectivity index is 1.54. The Morgan fingerprint density at radius 3 is 2.44 bits per heavy atom. The van der Waals surface area contributed by atoms with Gasteiger partial charge in [0.05, 0.1) is 17.3 Å². The summed E-state index contributed by atoms with van der Waals surface area (Å²) in [7, 11) is 0. The number of benzene rings is 2. The van der Waals surface area contributed by atoms with Crippen LogP contribution in [0.4, 0.5) is 5.69 Å². The number of hydrogen-bond donors (Lipinski definition) is 1. The highest BCUT2D eigenvalue weighted by molar-refractivity contribution is 6.06. The van der Waals surface area contributed by atoms with Crippen molar-refractivity contribution < 1.29 is 23.5 Å². The second kappa shape index (κ2) is 8.85. The molecule has 0 saturated carbocycles. The molecule has 4 aromatic rings. The third kappa shape index (κ3) is 4.41. The van der Waals surface area contributed by atoms with Gasteiger partial charge in [-0.1, -0.05) is 18.2 Å². The lowest BCUT2D eigenvalue weighted by Crippen LogP contribution is -2.30. The SMILES string of the molecule is CC(=O)c1ccc(NC(=O)[C@H](C)OC(=O)c2cc(-c3ccco3)nc3ccccc23)cc1. The minimum absolute atomic E-state index is 0.0660. The van der Waals surface area contributed by atoms with Gasteiger partial charge in [-0.05, 0) is 62.4 Å². The van der Waals surface area contributed by atoms with E-state index in [1.807, 2.05) is 6.07 Å². The number of nitrogens with zero attached hydrogens (tertiary/aromatic N) is 1. The number of para-hydroxylation sites is 1. The first-order valence-electron chi connectivity index (χ1n) is 9.99. The Labute approximate surface area is 184 Å². The van der Waals surface area contributed by atoms with Crippen molar-refractivity contribution in [3.8, 4) is 11.5 Å². The van der Waals surface area contributed by atoms with Gasteiger partial charge in [-0.25, -0.2) is 9.78 Å². The molecule has 2 heterocycles. The zero-order valence-corrected chi connectivity index (χ0v) is 17.5. The van der Waals surface area contributed by atoms with Gasteiger partial charge in [-0.3, -0.25) is 9.59 Å². The van der Waals surface area contributed by atoms with E-state index in [-0.39, 0.29) is 11.3 Å². The number of Topliss-reactive ketones (excluding diaryl/α,β-unsaturated/α-hetero) is 1. The molecule has 1 N–H and O–H groups in total. The lowest BCUT2D eigenvalue weighted by Gasteiger charge is -2.15.